The standard InChI is InChI=1S/C14H19N3S/c1-12-15-13(11-18-12)10-16-8-4-14(5-9-16)17-6-2-3-7-17/h2-3,6-7,11,14H,4-5,8-10H2,1H3. The van der Waals surface area contributed by atoms with Crippen LogP contribution in [0.5, 0.6) is 0 Å². The van der Waals surface area contributed by atoms with Crippen molar-refractivity contribution < 1.29 is 0 Å². The molecule has 0 spiro atoms. The zero-order valence-corrected chi connectivity index (χ0v) is 11.6. The van der Waals surface area contributed by atoms with Crippen molar-refractivity contribution in [2.75, 3.05) is 13.1 Å². The number of nitrogens with zero attached hydrogens (tertiary/aromatic N) is 3. The van der Waals surface area contributed by atoms with E-state index in [4.69, 9.17) is 0 Å². The highest BCUT2D eigenvalue weighted by atomic mass is 32.1. The van der Waals surface area contributed by atoms with Crippen LogP contribution in [0.3, 0.4) is 0 Å². The van der Waals surface area contributed by atoms with Crippen LogP contribution in [0.4, 0.5) is 0 Å². The molecule has 1 fully saturated rings. The van der Waals surface area contributed by atoms with Crippen molar-refractivity contribution in [1.82, 2.24) is 14.5 Å². The van der Waals surface area contributed by atoms with E-state index in [0.29, 0.717) is 6.04 Å². The van der Waals surface area contributed by atoms with E-state index in [1.54, 1.807) is 11.3 Å². The Labute approximate surface area is 112 Å². The van der Waals surface area contributed by atoms with E-state index in [2.05, 4.69) is 51.3 Å². The van der Waals surface area contributed by atoms with E-state index in [1.165, 1.54) is 36.6 Å². The van der Waals surface area contributed by atoms with Crippen molar-refractivity contribution in [2.24, 2.45) is 0 Å². The normalized spacial score (nSPS) is 18.3. The molecule has 0 N–H and O–H groups in total. The van der Waals surface area contributed by atoms with Crippen molar-refractivity contribution in [1.29, 1.82) is 0 Å². The molecule has 96 valence electrons. The van der Waals surface area contributed by atoms with Crippen molar-refractivity contribution >= 4 is 11.3 Å². The number of rotatable bonds is 3. The van der Waals surface area contributed by atoms with Gasteiger partial charge in [-0.1, -0.05) is 0 Å². The van der Waals surface area contributed by atoms with Gasteiger partial charge >= 0.3 is 0 Å². The summed E-state index contributed by atoms with van der Waals surface area (Å²) in [6.07, 6.45) is 6.86. The molecule has 3 heterocycles. The lowest BCUT2D eigenvalue weighted by atomic mass is 10.0. The molecule has 0 saturated carbocycles. The summed E-state index contributed by atoms with van der Waals surface area (Å²) in [6, 6.07) is 4.92. The molecule has 0 aliphatic carbocycles. The number of likely N-dealkylation sites (tertiary alicyclic amines) is 1. The molecule has 2 aromatic heterocycles. The minimum atomic E-state index is 0.688. The summed E-state index contributed by atoms with van der Waals surface area (Å²) in [5, 5.41) is 3.36. The van der Waals surface area contributed by atoms with Crippen LogP contribution >= 0.6 is 11.3 Å². The van der Waals surface area contributed by atoms with Gasteiger partial charge in [0.2, 0.25) is 0 Å². The summed E-state index contributed by atoms with van der Waals surface area (Å²) < 4.78 is 2.35. The van der Waals surface area contributed by atoms with E-state index in [1.807, 2.05) is 0 Å². The molecule has 0 atom stereocenters. The Morgan fingerprint density at radius 1 is 1.28 bits per heavy atom. The van der Waals surface area contributed by atoms with Gasteiger partial charge < -0.3 is 4.57 Å². The number of thiazole rings is 1. The van der Waals surface area contributed by atoms with Gasteiger partial charge in [-0.3, -0.25) is 4.90 Å². The second-order valence-corrected chi connectivity index (χ2v) is 6.06. The smallest absolute Gasteiger partial charge is 0.0897 e. The molecule has 0 unspecified atom stereocenters. The van der Waals surface area contributed by atoms with Crippen LogP contribution in [-0.2, 0) is 6.54 Å². The molecular weight excluding hydrogens is 242 g/mol. The summed E-state index contributed by atoms with van der Waals surface area (Å²) in [6.45, 7) is 5.45. The molecule has 0 aromatic carbocycles. The lowest BCUT2D eigenvalue weighted by Gasteiger charge is -2.32. The predicted octanol–water partition coefficient (Wildman–Crippen LogP) is 3.09. The molecule has 1 aliphatic heterocycles. The number of hydrogen-bond donors (Lipinski definition) is 0. The molecule has 18 heavy (non-hydrogen) atoms. The number of aromatic nitrogens is 2. The Hall–Kier alpha value is -1.13. The van der Waals surface area contributed by atoms with Gasteiger partial charge in [-0.2, -0.15) is 0 Å². The monoisotopic (exact) mass is 261 g/mol. The summed E-state index contributed by atoms with van der Waals surface area (Å²) >= 11 is 1.75. The molecule has 2 aromatic rings. The third-order valence-corrected chi connectivity index (χ3v) is 4.48. The van der Waals surface area contributed by atoms with Crippen molar-refractivity contribution in [3.8, 4) is 0 Å². The third-order valence-electron chi connectivity index (χ3n) is 3.66. The quantitative estimate of drug-likeness (QED) is 0.846. The minimum absolute atomic E-state index is 0.688. The topological polar surface area (TPSA) is 21.1 Å². The van der Waals surface area contributed by atoms with Crippen molar-refractivity contribution in [3.63, 3.8) is 0 Å². The second-order valence-electron chi connectivity index (χ2n) is 5.00. The zero-order chi connectivity index (χ0) is 12.4. The third kappa shape index (κ3) is 2.65. The van der Waals surface area contributed by atoms with Gasteiger partial charge in [0.1, 0.15) is 0 Å². The maximum Gasteiger partial charge on any atom is 0.0897 e. The molecule has 1 aliphatic rings. The SMILES string of the molecule is Cc1nc(CN2CCC(n3cccc3)CC2)cs1. The van der Waals surface area contributed by atoms with E-state index in [-0.39, 0.29) is 0 Å². The average Bonchev–Trinajstić information content (AvgIpc) is 3.02. The molecule has 1 saturated heterocycles. The number of hydrogen-bond acceptors (Lipinski definition) is 3. The van der Waals surface area contributed by atoms with Crippen molar-refractivity contribution in [3.05, 3.63) is 40.6 Å². The lowest BCUT2D eigenvalue weighted by Crippen LogP contribution is -2.34. The van der Waals surface area contributed by atoms with Crippen LogP contribution in [0.1, 0.15) is 29.6 Å². The highest BCUT2D eigenvalue weighted by Crippen LogP contribution is 2.23. The molecule has 3 nitrogen and oxygen atoms in total. The van der Waals surface area contributed by atoms with Crippen LogP contribution in [0.25, 0.3) is 0 Å². The fourth-order valence-corrected chi connectivity index (χ4v) is 3.28. The first-order valence-electron chi connectivity index (χ1n) is 6.57. The molecule has 0 radical (unpaired) electrons. The first-order valence-corrected chi connectivity index (χ1v) is 7.45. The minimum Gasteiger partial charge on any atom is -0.351 e. The highest BCUT2D eigenvalue weighted by Gasteiger charge is 2.20. The van der Waals surface area contributed by atoms with Crippen LogP contribution < -0.4 is 0 Å². The molecule has 3 rings (SSSR count). The van der Waals surface area contributed by atoms with Crippen LogP contribution in [-0.4, -0.2) is 27.5 Å². The summed E-state index contributed by atoms with van der Waals surface area (Å²) in [5.41, 5.74) is 1.23. The summed E-state index contributed by atoms with van der Waals surface area (Å²) in [5.74, 6) is 0. The molecular formula is C14H19N3S. The lowest BCUT2D eigenvalue weighted by molar-refractivity contribution is 0.178. The Bertz CT molecular complexity index is 481. The Balaban J connectivity index is 1.54. The van der Waals surface area contributed by atoms with Crippen LogP contribution in [0, 0.1) is 6.92 Å². The highest BCUT2D eigenvalue weighted by molar-refractivity contribution is 7.09. The number of piperidine rings is 1. The molecule has 4 heteroatoms. The maximum atomic E-state index is 4.55. The van der Waals surface area contributed by atoms with Gasteiger partial charge in [0.25, 0.3) is 0 Å². The summed E-state index contributed by atoms with van der Waals surface area (Å²) in [4.78, 5) is 7.07. The average molecular weight is 261 g/mol. The summed E-state index contributed by atoms with van der Waals surface area (Å²) in [7, 11) is 0. The van der Waals surface area contributed by atoms with E-state index >= 15 is 0 Å². The fourth-order valence-electron chi connectivity index (χ4n) is 2.68. The van der Waals surface area contributed by atoms with Gasteiger partial charge in [-0.15, -0.1) is 11.3 Å². The van der Waals surface area contributed by atoms with Crippen LogP contribution in [0.15, 0.2) is 29.9 Å². The first kappa shape index (κ1) is 11.9. The van der Waals surface area contributed by atoms with Gasteiger partial charge in [-0.05, 0) is 31.9 Å². The van der Waals surface area contributed by atoms with E-state index in [9.17, 15) is 0 Å². The predicted molar refractivity (Wildman–Crippen MR) is 74.8 cm³/mol. The maximum absolute atomic E-state index is 4.55. The number of aryl methyl sites for hydroxylation is 1. The first-order chi connectivity index (χ1) is 8.81. The second kappa shape index (κ2) is 5.24. The van der Waals surface area contributed by atoms with Gasteiger partial charge in [-0.25, -0.2) is 4.98 Å². The largest absolute Gasteiger partial charge is 0.351 e. The Morgan fingerprint density at radius 3 is 2.61 bits per heavy atom. The van der Waals surface area contributed by atoms with E-state index < -0.39 is 0 Å². The Kier molecular flexibility index (Phi) is 3.48. The van der Waals surface area contributed by atoms with Gasteiger partial charge in [0.15, 0.2) is 0 Å². The molecule has 0 amide bonds. The van der Waals surface area contributed by atoms with Gasteiger partial charge in [0, 0.05) is 43.4 Å². The van der Waals surface area contributed by atoms with Crippen molar-refractivity contribution in [2.45, 2.75) is 32.4 Å². The fraction of sp³-hybridized carbons (Fsp3) is 0.500. The Morgan fingerprint density at radius 2 is 2.00 bits per heavy atom. The van der Waals surface area contributed by atoms with E-state index in [0.717, 1.165) is 6.54 Å². The zero-order valence-electron chi connectivity index (χ0n) is 10.7. The van der Waals surface area contributed by atoms with Crippen LogP contribution in [0.2, 0.25) is 0 Å². The van der Waals surface area contributed by atoms with Gasteiger partial charge in [0.05, 0.1) is 10.7 Å². The molecule has 0 bridgehead atoms.